The maximum absolute atomic E-state index is 9.25. The molecule has 0 fully saturated rings. The van der Waals surface area contributed by atoms with Crippen molar-refractivity contribution in [3.63, 3.8) is 0 Å². The van der Waals surface area contributed by atoms with Crippen molar-refractivity contribution >= 4 is 5.69 Å². The molecule has 0 aliphatic rings. The molecule has 90 valence electrons. The number of phenolic OH excluding ortho intramolecular Hbond substituents is 1. The van der Waals surface area contributed by atoms with Crippen LogP contribution in [0, 0.1) is 12.3 Å². The van der Waals surface area contributed by atoms with Gasteiger partial charge in [-0.25, -0.2) is 0 Å². The highest BCUT2D eigenvalue weighted by Crippen LogP contribution is 2.21. The maximum atomic E-state index is 9.25. The van der Waals surface area contributed by atoms with Gasteiger partial charge in [0.2, 0.25) is 0 Å². The molecular formula is C16H15NO. The second kappa shape index (κ2) is 5.29. The summed E-state index contributed by atoms with van der Waals surface area (Å²) in [7, 11) is 0. The van der Waals surface area contributed by atoms with Crippen molar-refractivity contribution in [1.82, 2.24) is 0 Å². The molecule has 1 atom stereocenters. The van der Waals surface area contributed by atoms with Gasteiger partial charge < -0.3 is 10.4 Å². The van der Waals surface area contributed by atoms with Gasteiger partial charge in [-0.2, -0.15) is 0 Å². The normalized spacial score (nSPS) is 11.6. The lowest BCUT2D eigenvalue weighted by Crippen LogP contribution is -2.06. The Morgan fingerprint density at radius 2 is 1.89 bits per heavy atom. The molecule has 0 bridgehead atoms. The largest absolute Gasteiger partial charge is 0.508 e. The van der Waals surface area contributed by atoms with Crippen molar-refractivity contribution in [2.75, 3.05) is 5.32 Å². The molecule has 0 radical (unpaired) electrons. The topological polar surface area (TPSA) is 32.3 Å². The fourth-order valence-electron chi connectivity index (χ4n) is 1.80. The molecule has 2 nitrogen and oxygen atoms in total. The number of benzene rings is 2. The van der Waals surface area contributed by atoms with E-state index in [1.165, 1.54) is 0 Å². The highest BCUT2D eigenvalue weighted by Gasteiger charge is 2.05. The van der Waals surface area contributed by atoms with Gasteiger partial charge in [-0.05, 0) is 42.8 Å². The van der Waals surface area contributed by atoms with E-state index in [-0.39, 0.29) is 11.8 Å². The highest BCUT2D eigenvalue weighted by molar-refractivity contribution is 5.51. The van der Waals surface area contributed by atoms with Gasteiger partial charge in [0.1, 0.15) is 5.75 Å². The molecule has 0 saturated heterocycles. The van der Waals surface area contributed by atoms with Crippen LogP contribution in [0.25, 0.3) is 0 Å². The molecule has 0 aliphatic carbocycles. The Labute approximate surface area is 107 Å². The average Bonchev–Trinajstić information content (AvgIpc) is 2.39. The first-order chi connectivity index (χ1) is 8.69. The summed E-state index contributed by atoms with van der Waals surface area (Å²) in [5, 5.41) is 12.6. The summed E-state index contributed by atoms with van der Waals surface area (Å²) in [6.07, 6.45) is 5.37. The Balaban J connectivity index is 2.13. The Bertz CT molecular complexity index is 566. The van der Waals surface area contributed by atoms with E-state index in [9.17, 15) is 5.11 Å². The molecule has 2 rings (SSSR count). The summed E-state index contributed by atoms with van der Waals surface area (Å²) in [5.41, 5.74) is 2.96. The molecular weight excluding hydrogens is 222 g/mol. The van der Waals surface area contributed by atoms with Crippen LogP contribution in [0.5, 0.6) is 5.75 Å². The van der Waals surface area contributed by atoms with Gasteiger partial charge >= 0.3 is 0 Å². The van der Waals surface area contributed by atoms with Crippen LogP contribution in [-0.2, 0) is 0 Å². The van der Waals surface area contributed by atoms with E-state index in [2.05, 4.69) is 18.2 Å². The number of phenols is 1. The van der Waals surface area contributed by atoms with Crippen molar-refractivity contribution in [1.29, 1.82) is 0 Å². The predicted octanol–water partition coefficient (Wildman–Crippen LogP) is 3.55. The smallest absolute Gasteiger partial charge is 0.115 e. The van der Waals surface area contributed by atoms with Crippen LogP contribution in [0.1, 0.15) is 24.1 Å². The standard InChI is InChI=1S/C16H15NO/c1-3-13-5-4-6-15(11-13)17-12(2)14-7-9-16(18)10-8-14/h1,4-12,17-18H,2H3. The zero-order valence-corrected chi connectivity index (χ0v) is 10.2. The van der Waals surface area contributed by atoms with E-state index in [0.29, 0.717) is 0 Å². The van der Waals surface area contributed by atoms with Gasteiger partial charge in [-0.1, -0.05) is 24.1 Å². The Kier molecular flexibility index (Phi) is 3.54. The number of hydrogen-bond acceptors (Lipinski definition) is 2. The van der Waals surface area contributed by atoms with E-state index < -0.39 is 0 Å². The van der Waals surface area contributed by atoms with E-state index >= 15 is 0 Å². The molecule has 18 heavy (non-hydrogen) atoms. The molecule has 2 aromatic rings. The third kappa shape index (κ3) is 2.83. The van der Waals surface area contributed by atoms with Crippen LogP contribution in [0.4, 0.5) is 5.69 Å². The average molecular weight is 237 g/mol. The van der Waals surface area contributed by atoms with E-state index in [4.69, 9.17) is 6.42 Å². The van der Waals surface area contributed by atoms with Crippen molar-refractivity contribution in [2.45, 2.75) is 13.0 Å². The zero-order valence-electron chi connectivity index (χ0n) is 10.2. The van der Waals surface area contributed by atoms with Gasteiger partial charge in [0.05, 0.1) is 0 Å². The Morgan fingerprint density at radius 3 is 2.56 bits per heavy atom. The molecule has 0 aromatic heterocycles. The Hall–Kier alpha value is -2.40. The van der Waals surface area contributed by atoms with Crippen molar-refractivity contribution in [3.05, 3.63) is 59.7 Å². The molecule has 2 aromatic carbocycles. The van der Waals surface area contributed by atoms with Crippen LogP contribution in [-0.4, -0.2) is 5.11 Å². The first-order valence-corrected chi connectivity index (χ1v) is 5.81. The zero-order chi connectivity index (χ0) is 13.0. The summed E-state index contributed by atoms with van der Waals surface area (Å²) < 4.78 is 0. The van der Waals surface area contributed by atoms with E-state index in [0.717, 1.165) is 16.8 Å². The van der Waals surface area contributed by atoms with Crippen LogP contribution in [0.3, 0.4) is 0 Å². The number of anilines is 1. The molecule has 0 aliphatic heterocycles. The second-order valence-corrected chi connectivity index (χ2v) is 4.18. The summed E-state index contributed by atoms with van der Waals surface area (Å²) in [6, 6.07) is 15.1. The highest BCUT2D eigenvalue weighted by atomic mass is 16.3. The van der Waals surface area contributed by atoms with Gasteiger partial charge in [0, 0.05) is 17.3 Å². The molecule has 0 amide bonds. The monoisotopic (exact) mass is 237 g/mol. The van der Waals surface area contributed by atoms with Gasteiger partial charge in [0.15, 0.2) is 0 Å². The number of rotatable bonds is 3. The summed E-state index contributed by atoms with van der Waals surface area (Å²) in [4.78, 5) is 0. The van der Waals surface area contributed by atoms with Crippen molar-refractivity contribution in [2.24, 2.45) is 0 Å². The second-order valence-electron chi connectivity index (χ2n) is 4.18. The number of nitrogens with one attached hydrogen (secondary N) is 1. The maximum Gasteiger partial charge on any atom is 0.115 e. The lowest BCUT2D eigenvalue weighted by Gasteiger charge is -2.16. The summed E-state index contributed by atoms with van der Waals surface area (Å²) in [5.74, 6) is 2.89. The number of hydrogen-bond donors (Lipinski definition) is 2. The van der Waals surface area contributed by atoms with Crippen molar-refractivity contribution in [3.8, 4) is 18.1 Å². The minimum absolute atomic E-state index is 0.152. The predicted molar refractivity (Wildman–Crippen MR) is 74.5 cm³/mol. The van der Waals surface area contributed by atoms with Crippen molar-refractivity contribution < 1.29 is 5.11 Å². The van der Waals surface area contributed by atoms with Gasteiger partial charge in [-0.3, -0.25) is 0 Å². The quantitative estimate of drug-likeness (QED) is 0.800. The van der Waals surface area contributed by atoms with Crippen LogP contribution in [0.15, 0.2) is 48.5 Å². The van der Waals surface area contributed by atoms with Gasteiger partial charge in [-0.15, -0.1) is 6.42 Å². The molecule has 1 unspecified atom stereocenters. The van der Waals surface area contributed by atoms with E-state index in [1.807, 2.05) is 36.4 Å². The van der Waals surface area contributed by atoms with Crippen LogP contribution in [0.2, 0.25) is 0 Å². The minimum atomic E-state index is 0.152. The van der Waals surface area contributed by atoms with Crippen LogP contribution < -0.4 is 5.32 Å². The molecule has 2 heteroatoms. The summed E-state index contributed by atoms with van der Waals surface area (Å²) >= 11 is 0. The summed E-state index contributed by atoms with van der Waals surface area (Å²) in [6.45, 7) is 2.06. The lowest BCUT2D eigenvalue weighted by atomic mass is 10.1. The first-order valence-electron chi connectivity index (χ1n) is 5.81. The number of aromatic hydroxyl groups is 1. The third-order valence-electron chi connectivity index (χ3n) is 2.81. The fourth-order valence-corrected chi connectivity index (χ4v) is 1.80. The lowest BCUT2D eigenvalue weighted by molar-refractivity contribution is 0.475. The third-order valence-corrected chi connectivity index (χ3v) is 2.81. The number of terminal acetylenes is 1. The Morgan fingerprint density at radius 1 is 1.17 bits per heavy atom. The van der Waals surface area contributed by atoms with Gasteiger partial charge in [0.25, 0.3) is 0 Å². The molecule has 0 saturated carbocycles. The molecule has 0 spiro atoms. The van der Waals surface area contributed by atoms with Crippen LogP contribution >= 0.6 is 0 Å². The SMILES string of the molecule is C#Cc1cccc(NC(C)c2ccc(O)cc2)c1. The van der Waals surface area contributed by atoms with E-state index in [1.54, 1.807) is 12.1 Å². The fraction of sp³-hybridized carbons (Fsp3) is 0.125. The first kappa shape index (κ1) is 12.1. The minimum Gasteiger partial charge on any atom is -0.508 e. The molecule has 0 heterocycles. The molecule has 2 N–H and O–H groups in total.